The third-order valence-corrected chi connectivity index (χ3v) is 2.93. The number of aliphatic carboxylic acids is 1. The number of ether oxygens (including phenoxy) is 1. The van der Waals surface area contributed by atoms with E-state index < -0.39 is 5.97 Å². The molecule has 0 unspecified atom stereocenters. The van der Waals surface area contributed by atoms with Gasteiger partial charge in [0.15, 0.2) is 0 Å². The van der Waals surface area contributed by atoms with E-state index in [1.54, 1.807) is 19.9 Å². The van der Waals surface area contributed by atoms with Crippen LogP contribution in [-0.2, 0) is 14.3 Å². The number of carboxylic acid groups (broad SMARTS) is 1. The van der Waals surface area contributed by atoms with Gasteiger partial charge in [-0.25, -0.2) is 9.59 Å². The number of rotatable bonds is 10. The molecule has 0 saturated heterocycles. The van der Waals surface area contributed by atoms with Crippen LogP contribution in [0.4, 0.5) is 0 Å². The maximum Gasteiger partial charge on any atom is 0.333 e. The smallest absolute Gasteiger partial charge is 0.333 e. The highest BCUT2D eigenvalue weighted by Crippen LogP contribution is 2.03. The summed E-state index contributed by atoms with van der Waals surface area (Å²) in [7, 11) is 0. The second-order valence-corrected chi connectivity index (χ2v) is 5.31. The van der Waals surface area contributed by atoms with Gasteiger partial charge in [0.25, 0.3) is 0 Å². The van der Waals surface area contributed by atoms with Gasteiger partial charge >= 0.3 is 11.9 Å². The van der Waals surface area contributed by atoms with E-state index in [-0.39, 0.29) is 5.97 Å². The minimum absolute atomic E-state index is 0.277. The van der Waals surface area contributed by atoms with Crippen molar-refractivity contribution in [2.75, 3.05) is 6.61 Å². The molecule has 0 fully saturated rings. The minimum atomic E-state index is -0.804. The molecule has 4 heteroatoms. The Morgan fingerprint density at radius 1 is 1.05 bits per heavy atom. The summed E-state index contributed by atoms with van der Waals surface area (Å²) in [5, 5.41) is 8.47. The molecule has 0 radical (unpaired) electrons. The lowest BCUT2D eigenvalue weighted by Crippen LogP contribution is -2.05. The summed E-state index contributed by atoms with van der Waals surface area (Å²) in [6.45, 7) is 11.5. The summed E-state index contributed by atoms with van der Waals surface area (Å²) in [5.41, 5.74) is 0.933. The van der Waals surface area contributed by atoms with Crippen LogP contribution in [0.2, 0.25) is 0 Å². The molecule has 0 aromatic heterocycles. The highest BCUT2D eigenvalue weighted by atomic mass is 16.5. The van der Waals surface area contributed by atoms with E-state index >= 15 is 0 Å². The summed E-state index contributed by atoms with van der Waals surface area (Å²) >= 11 is 0. The molecule has 0 aliphatic heterocycles. The Labute approximate surface area is 135 Å². The van der Waals surface area contributed by atoms with Gasteiger partial charge in [0, 0.05) is 11.1 Å². The van der Waals surface area contributed by atoms with Crippen molar-refractivity contribution in [3.63, 3.8) is 0 Å². The van der Waals surface area contributed by atoms with Crippen LogP contribution in [0.3, 0.4) is 0 Å². The number of hydrogen-bond acceptors (Lipinski definition) is 3. The minimum Gasteiger partial charge on any atom is -0.478 e. The molecule has 0 saturated carbocycles. The van der Waals surface area contributed by atoms with Crippen molar-refractivity contribution in [1.82, 2.24) is 0 Å². The average molecular weight is 312 g/mol. The van der Waals surface area contributed by atoms with E-state index in [4.69, 9.17) is 9.84 Å². The van der Waals surface area contributed by atoms with E-state index in [9.17, 15) is 9.59 Å². The largest absolute Gasteiger partial charge is 0.478 e. The Morgan fingerprint density at radius 3 is 2.05 bits per heavy atom. The van der Waals surface area contributed by atoms with Crippen LogP contribution in [-0.4, -0.2) is 23.7 Å². The van der Waals surface area contributed by atoms with Crippen LogP contribution < -0.4 is 0 Å². The van der Waals surface area contributed by atoms with Gasteiger partial charge in [-0.3, -0.25) is 0 Å². The lowest BCUT2D eigenvalue weighted by Gasteiger charge is -2.02. The van der Waals surface area contributed by atoms with Crippen molar-refractivity contribution in [2.24, 2.45) is 0 Å². The molecule has 0 rings (SSSR count). The SMILES string of the molecule is C=C(C)C(=O)OCCCCC.CCCCCC=C(C)C(=O)O. The summed E-state index contributed by atoms with van der Waals surface area (Å²) in [5.74, 6) is -1.08. The van der Waals surface area contributed by atoms with Crippen molar-refractivity contribution in [1.29, 1.82) is 0 Å². The third-order valence-electron chi connectivity index (χ3n) is 2.93. The second kappa shape index (κ2) is 15.8. The number of carbonyl (C=O) groups excluding carboxylic acids is 1. The van der Waals surface area contributed by atoms with Gasteiger partial charge in [-0.2, -0.15) is 0 Å². The first-order valence-corrected chi connectivity index (χ1v) is 8.09. The van der Waals surface area contributed by atoms with Gasteiger partial charge in [-0.1, -0.05) is 52.2 Å². The number of esters is 1. The Bertz CT molecular complexity index is 356. The first-order valence-electron chi connectivity index (χ1n) is 8.09. The van der Waals surface area contributed by atoms with Crippen molar-refractivity contribution in [3.05, 3.63) is 23.8 Å². The molecule has 22 heavy (non-hydrogen) atoms. The maximum atomic E-state index is 10.8. The van der Waals surface area contributed by atoms with Crippen molar-refractivity contribution in [2.45, 2.75) is 72.6 Å². The summed E-state index contributed by atoms with van der Waals surface area (Å²) in [6.07, 6.45) is 9.36. The number of carbonyl (C=O) groups is 2. The predicted octanol–water partition coefficient (Wildman–Crippen LogP) is 4.89. The highest BCUT2D eigenvalue weighted by Gasteiger charge is 2.00. The Hall–Kier alpha value is -1.58. The fraction of sp³-hybridized carbons (Fsp3) is 0.667. The standard InChI is InChI=1S/2C9H16O2/c1-4-5-6-7-11-9(10)8(2)3;1-3-4-5-6-7-8(2)9(10)11/h2,4-7H2,1,3H3;7H,3-6H2,1-2H3,(H,10,11). The maximum absolute atomic E-state index is 10.8. The van der Waals surface area contributed by atoms with E-state index in [1.807, 2.05) is 0 Å². The lowest BCUT2D eigenvalue weighted by molar-refractivity contribution is -0.139. The summed E-state index contributed by atoms with van der Waals surface area (Å²) < 4.78 is 4.87. The topological polar surface area (TPSA) is 63.6 Å². The number of unbranched alkanes of at least 4 members (excludes halogenated alkanes) is 5. The third kappa shape index (κ3) is 16.5. The van der Waals surface area contributed by atoms with Crippen LogP contribution in [0.5, 0.6) is 0 Å². The molecule has 0 amide bonds. The van der Waals surface area contributed by atoms with Crippen molar-refractivity contribution >= 4 is 11.9 Å². The fourth-order valence-electron chi connectivity index (χ4n) is 1.44. The predicted molar refractivity (Wildman–Crippen MR) is 90.8 cm³/mol. The molecular weight excluding hydrogens is 280 g/mol. The molecule has 0 spiro atoms. The normalized spacial score (nSPS) is 10.5. The first-order chi connectivity index (χ1) is 10.4. The Morgan fingerprint density at radius 2 is 1.59 bits per heavy atom. The molecule has 0 aliphatic rings. The second-order valence-electron chi connectivity index (χ2n) is 5.31. The van der Waals surface area contributed by atoms with Crippen LogP contribution in [0.1, 0.15) is 72.6 Å². The lowest BCUT2D eigenvalue weighted by atomic mass is 10.1. The van der Waals surface area contributed by atoms with Crippen LogP contribution in [0, 0.1) is 0 Å². The van der Waals surface area contributed by atoms with Gasteiger partial charge in [0.05, 0.1) is 6.61 Å². The molecular formula is C18H32O4. The molecule has 0 atom stereocenters. The zero-order valence-corrected chi connectivity index (χ0v) is 14.6. The van der Waals surface area contributed by atoms with Gasteiger partial charge in [-0.15, -0.1) is 0 Å². The molecule has 0 aromatic rings. The van der Waals surface area contributed by atoms with E-state index in [2.05, 4.69) is 20.4 Å². The molecule has 1 N–H and O–H groups in total. The van der Waals surface area contributed by atoms with Gasteiger partial charge in [0.2, 0.25) is 0 Å². The first kappa shape index (κ1) is 22.7. The monoisotopic (exact) mass is 312 g/mol. The number of hydrogen-bond donors (Lipinski definition) is 1. The van der Waals surface area contributed by atoms with Gasteiger partial charge in [-0.05, 0) is 33.1 Å². The van der Waals surface area contributed by atoms with E-state index in [1.165, 1.54) is 12.8 Å². The summed E-state index contributed by atoms with van der Waals surface area (Å²) in [6, 6.07) is 0. The van der Waals surface area contributed by atoms with Crippen LogP contribution in [0.25, 0.3) is 0 Å². The molecule has 0 bridgehead atoms. The summed E-state index contributed by atoms with van der Waals surface area (Å²) in [4.78, 5) is 21.1. The molecule has 4 nitrogen and oxygen atoms in total. The van der Waals surface area contributed by atoms with Crippen LogP contribution >= 0.6 is 0 Å². The van der Waals surface area contributed by atoms with Crippen LogP contribution in [0.15, 0.2) is 23.8 Å². The van der Waals surface area contributed by atoms with Gasteiger partial charge in [0.1, 0.15) is 0 Å². The van der Waals surface area contributed by atoms with Crippen molar-refractivity contribution < 1.29 is 19.4 Å². The zero-order valence-electron chi connectivity index (χ0n) is 14.6. The van der Waals surface area contributed by atoms with E-state index in [0.717, 1.165) is 32.1 Å². The molecule has 0 aliphatic carbocycles. The van der Waals surface area contributed by atoms with Gasteiger partial charge < -0.3 is 9.84 Å². The number of allylic oxidation sites excluding steroid dienone is 1. The number of carboxylic acids is 1. The average Bonchev–Trinajstić information content (AvgIpc) is 2.48. The molecule has 0 heterocycles. The van der Waals surface area contributed by atoms with Crippen molar-refractivity contribution in [3.8, 4) is 0 Å². The quantitative estimate of drug-likeness (QED) is 0.354. The molecule has 0 aromatic carbocycles. The van der Waals surface area contributed by atoms with E-state index in [0.29, 0.717) is 17.8 Å². The molecule has 128 valence electrons. The zero-order chi connectivity index (χ0) is 17.4. The highest BCUT2D eigenvalue weighted by molar-refractivity contribution is 5.86. The Kier molecular flexibility index (Phi) is 16.3. The Balaban J connectivity index is 0. The fourth-order valence-corrected chi connectivity index (χ4v) is 1.44.